The van der Waals surface area contributed by atoms with E-state index in [1.165, 1.54) is 48.6 Å². The Bertz CT molecular complexity index is 463. The Hall–Kier alpha value is -0.960. The normalized spacial score (nSPS) is 24.8. The summed E-state index contributed by atoms with van der Waals surface area (Å²) in [7, 11) is 0. The lowest BCUT2D eigenvalue weighted by Gasteiger charge is -2.32. The number of nitrogens with zero attached hydrogens (tertiary/aromatic N) is 1. The van der Waals surface area contributed by atoms with Crippen LogP contribution in [0.2, 0.25) is 0 Å². The largest absolute Gasteiger partial charge is 0.359 e. The monoisotopic (exact) mass is 288 g/mol. The molecule has 2 nitrogen and oxygen atoms in total. The number of hydrogen-bond donors (Lipinski definition) is 1. The van der Waals surface area contributed by atoms with E-state index < -0.39 is 0 Å². The van der Waals surface area contributed by atoms with Crippen molar-refractivity contribution in [3.8, 4) is 0 Å². The molecule has 3 heteroatoms. The zero-order chi connectivity index (χ0) is 13.8. The van der Waals surface area contributed by atoms with E-state index in [0.29, 0.717) is 11.6 Å². The summed E-state index contributed by atoms with van der Waals surface area (Å²) in [6.45, 7) is 2.22. The maximum Gasteiger partial charge on any atom is 0.157 e. The molecule has 1 spiro atoms. The van der Waals surface area contributed by atoms with Crippen molar-refractivity contribution in [3.05, 3.63) is 35.9 Å². The number of benzene rings is 1. The summed E-state index contributed by atoms with van der Waals surface area (Å²) in [5, 5.41) is 4.91. The van der Waals surface area contributed by atoms with Crippen LogP contribution in [0.4, 0.5) is 0 Å². The highest BCUT2D eigenvalue weighted by Crippen LogP contribution is 2.36. The number of rotatable bonds is 3. The highest BCUT2D eigenvalue weighted by atomic mass is 32.2. The Morgan fingerprint density at radius 3 is 2.70 bits per heavy atom. The average molecular weight is 288 g/mol. The van der Waals surface area contributed by atoms with Crippen LogP contribution in [0.1, 0.15) is 44.6 Å². The highest BCUT2D eigenvalue weighted by molar-refractivity contribution is 8.14. The van der Waals surface area contributed by atoms with E-state index >= 15 is 0 Å². The van der Waals surface area contributed by atoms with Crippen LogP contribution in [-0.4, -0.2) is 22.5 Å². The Morgan fingerprint density at radius 2 is 1.95 bits per heavy atom. The Labute approximate surface area is 126 Å². The maximum absolute atomic E-state index is 4.89. The topological polar surface area (TPSA) is 24.4 Å². The van der Waals surface area contributed by atoms with Crippen molar-refractivity contribution in [2.75, 3.05) is 5.75 Å². The zero-order valence-corrected chi connectivity index (χ0v) is 13.1. The molecule has 1 saturated carbocycles. The summed E-state index contributed by atoms with van der Waals surface area (Å²) in [5.74, 6) is 1.21. The van der Waals surface area contributed by atoms with Gasteiger partial charge in [-0.15, -0.1) is 0 Å². The van der Waals surface area contributed by atoms with E-state index in [1.807, 2.05) is 11.8 Å². The molecule has 1 unspecified atom stereocenters. The zero-order valence-electron chi connectivity index (χ0n) is 12.3. The van der Waals surface area contributed by atoms with Gasteiger partial charge in [0.25, 0.3) is 0 Å². The van der Waals surface area contributed by atoms with Crippen LogP contribution in [0.25, 0.3) is 0 Å². The number of amidine groups is 1. The summed E-state index contributed by atoms with van der Waals surface area (Å²) in [6, 6.07) is 11.0. The van der Waals surface area contributed by atoms with Gasteiger partial charge in [0.15, 0.2) is 5.17 Å². The van der Waals surface area contributed by atoms with Crippen molar-refractivity contribution in [3.63, 3.8) is 0 Å². The van der Waals surface area contributed by atoms with Gasteiger partial charge in [-0.2, -0.15) is 0 Å². The van der Waals surface area contributed by atoms with Gasteiger partial charge in [-0.05, 0) is 31.7 Å². The SMILES string of the molecule is CC(Cc1ccccc1)N=C1NC2(CCCCC2)CS1. The van der Waals surface area contributed by atoms with Crippen LogP contribution in [-0.2, 0) is 6.42 Å². The first kappa shape index (κ1) is 14.0. The second-order valence-electron chi connectivity index (χ2n) is 6.23. The van der Waals surface area contributed by atoms with E-state index in [-0.39, 0.29) is 0 Å². The van der Waals surface area contributed by atoms with Gasteiger partial charge < -0.3 is 5.32 Å². The third-order valence-electron chi connectivity index (χ3n) is 4.38. The molecule has 1 atom stereocenters. The van der Waals surface area contributed by atoms with Crippen molar-refractivity contribution in [2.24, 2.45) is 4.99 Å². The molecular weight excluding hydrogens is 264 g/mol. The summed E-state index contributed by atoms with van der Waals surface area (Å²) in [4.78, 5) is 4.89. The lowest BCUT2D eigenvalue weighted by molar-refractivity contribution is 0.303. The van der Waals surface area contributed by atoms with Gasteiger partial charge in [0.05, 0.1) is 6.04 Å². The lowest BCUT2D eigenvalue weighted by atomic mass is 9.83. The second kappa shape index (κ2) is 6.21. The van der Waals surface area contributed by atoms with Crippen LogP contribution in [0.5, 0.6) is 0 Å². The first-order valence-electron chi connectivity index (χ1n) is 7.79. The fourth-order valence-corrected chi connectivity index (χ4v) is 4.59. The van der Waals surface area contributed by atoms with Gasteiger partial charge in [-0.1, -0.05) is 61.4 Å². The molecule has 1 N–H and O–H groups in total. The van der Waals surface area contributed by atoms with Crippen molar-refractivity contribution >= 4 is 16.9 Å². The predicted molar refractivity (Wildman–Crippen MR) is 88.5 cm³/mol. The second-order valence-corrected chi connectivity index (χ2v) is 7.19. The van der Waals surface area contributed by atoms with Gasteiger partial charge in [0.2, 0.25) is 0 Å². The van der Waals surface area contributed by atoms with Crippen LogP contribution in [0.3, 0.4) is 0 Å². The van der Waals surface area contributed by atoms with Crippen LogP contribution >= 0.6 is 11.8 Å². The third-order valence-corrected chi connectivity index (χ3v) is 5.56. The van der Waals surface area contributed by atoms with Gasteiger partial charge in [-0.25, -0.2) is 0 Å². The molecule has 20 heavy (non-hydrogen) atoms. The summed E-state index contributed by atoms with van der Waals surface area (Å²) in [5.41, 5.74) is 1.74. The molecule has 0 amide bonds. The quantitative estimate of drug-likeness (QED) is 0.908. The summed E-state index contributed by atoms with van der Waals surface area (Å²) >= 11 is 1.93. The molecule has 108 valence electrons. The van der Waals surface area contributed by atoms with Gasteiger partial charge >= 0.3 is 0 Å². The van der Waals surface area contributed by atoms with Crippen molar-refractivity contribution in [1.82, 2.24) is 5.32 Å². The minimum absolute atomic E-state index is 0.353. The summed E-state index contributed by atoms with van der Waals surface area (Å²) in [6.07, 6.45) is 7.84. The maximum atomic E-state index is 4.89. The lowest BCUT2D eigenvalue weighted by Crippen LogP contribution is -2.45. The smallest absolute Gasteiger partial charge is 0.157 e. The third kappa shape index (κ3) is 3.38. The molecule has 2 fully saturated rings. The van der Waals surface area contributed by atoms with E-state index in [2.05, 4.69) is 42.6 Å². The van der Waals surface area contributed by atoms with Gasteiger partial charge in [-0.3, -0.25) is 4.99 Å². The van der Waals surface area contributed by atoms with Crippen molar-refractivity contribution < 1.29 is 0 Å². The fourth-order valence-electron chi connectivity index (χ4n) is 3.27. The molecule has 2 aliphatic rings. The van der Waals surface area contributed by atoms with Crippen molar-refractivity contribution in [1.29, 1.82) is 0 Å². The van der Waals surface area contributed by atoms with Crippen LogP contribution < -0.4 is 5.32 Å². The number of thioether (sulfide) groups is 1. The predicted octanol–water partition coefficient (Wildman–Crippen LogP) is 4.01. The first-order chi connectivity index (χ1) is 9.76. The minimum Gasteiger partial charge on any atom is -0.359 e. The summed E-state index contributed by atoms with van der Waals surface area (Å²) < 4.78 is 0. The molecule has 1 aromatic rings. The molecule has 1 aromatic carbocycles. The Balaban J connectivity index is 1.59. The molecule has 1 aliphatic heterocycles. The molecule has 0 bridgehead atoms. The van der Waals surface area contributed by atoms with E-state index in [0.717, 1.165) is 6.42 Å². The molecule has 3 rings (SSSR count). The standard InChI is InChI=1S/C17H24N2S/c1-14(12-15-8-4-2-5-9-15)18-16-19-17(13-20-16)10-6-3-7-11-17/h2,4-5,8-9,14H,3,6-7,10-13H2,1H3,(H,18,19). The average Bonchev–Trinajstić information content (AvgIpc) is 2.83. The van der Waals surface area contributed by atoms with E-state index in [1.54, 1.807) is 0 Å². The molecule has 1 aliphatic carbocycles. The Morgan fingerprint density at radius 1 is 1.20 bits per heavy atom. The molecule has 0 radical (unpaired) electrons. The van der Waals surface area contributed by atoms with E-state index in [9.17, 15) is 0 Å². The number of hydrogen-bond acceptors (Lipinski definition) is 2. The number of aliphatic imine (C=N–C) groups is 1. The molecule has 1 heterocycles. The minimum atomic E-state index is 0.353. The van der Waals surface area contributed by atoms with Crippen LogP contribution in [0.15, 0.2) is 35.3 Å². The van der Waals surface area contributed by atoms with Crippen molar-refractivity contribution in [2.45, 2.75) is 57.0 Å². The highest BCUT2D eigenvalue weighted by Gasteiger charge is 2.38. The number of nitrogens with one attached hydrogen (secondary N) is 1. The fraction of sp³-hybridized carbons (Fsp3) is 0.588. The Kier molecular flexibility index (Phi) is 4.35. The van der Waals surface area contributed by atoms with Crippen LogP contribution in [0, 0.1) is 0 Å². The van der Waals surface area contributed by atoms with Gasteiger partial charge in [0, 0.05) is 11.3 Å². The first-order valence-corrected chi connectivity index (χ1v) is 8.77. The molecular formula is C17H24N2S. The van der Waals surface area contributed by atoms with E-state index in [4.69, 9.17) is 4.99 Å². The molecule has 1 saturated heterocycles. The molecule has 0 aromatic heterocycles. The van der Waals surface area contributed by atoms with Gasteiger partial charge in [0.1, 0.15) is 0 Å².